The summed E-state index contributed by atoms with van der Waals surface area (Å²) < 4.78 is 8.97. The number of hydrogen-bond acceptors (Lipinski definition) is 6. The molecule has 0 unspecified atom stereocenters. The highest BCUT2D eigenvalue weighted by Crippen LogP contribution is 2.29. The number of ether oxygens (including phenoxy) is 1. The molecule has 0 aromatic carbocycles. The summed E-state index contributed by atoms with van der Waals surface area (Å²) in [6, 6.07) is 0. The molecule has 3 rings (SSSR count). The van der Waals surface area contributed by atoms with E-state index in [2.05, 4.69) is 20.4 Å². The van der Waals surface area contributed by atoms with Crippen LogP contribution in [0.1, 0.15) is 5.69 Å². The number of anilines is 2. The third-order valence-electron chi connectivity index (χ3n) is 3.11. The van der Waals surface area contributed by atoms with Crippen LogP contribution >= 0.6 is 11.8 Å². The van der Waals surface area contributed by atoms with Gasteiger partial charge in [-0.1, -0.05) is 11.8 Å². The highest BCUT2D eigenvalue weighted by Gasteiger charge is 2.14. The lowest BCUT2D eigenvalue weighted by atomic mass is 10.4. The Balaban J connectivity index is 2.09. The van der Waals surface area contributed by atoms with Crippen LogP contribution in [0.5, 0.6) is 5.88 Å². The maximum absolute atomic E-state index is 5.25. The Morgan fingerprint density at radius 3 is 2.76 bits per heavy atom. The Kier molecular flexibility index (Phi) is 3.46. The largest absolute Gasteiger partial charge is 0.478 e. The van der Waals surface area contributed by atoms with Crippen molar-refractivity contribution < 1.29 is 4.74 Å². The Bertz CT molecular complexity index is 793. The summed E-state index contributed by atoms with van der Waals surface area (Å²) in [4.78, 5) is 8.94. The van der Waals surface area contributed by atoms with E-state index >= 15 is 0 Å². The number of rotatable bonds is 4. The first kappa shape index (κ1) is 13.7. The Hall–Kier alpha value is -2.22. The SMILES string of the molecule is COc1nn(C)cc1Nc1cnc(SC)n2c(C)cnc12. The zero-order chi connectivity index (χ0) is 15.0. The molecule has 8 heteroatoms. The molecule has 1 N–H and O–H groups in total. The van der Waals surface area contributed by atoms with E-state index in [4.69, 9.17) is 4.74 Å². The summed E-state index contributed by atoms with van der Waals surface area (Å²) in [5.74, 6) is 0.535. The second-order valence-electron chi connectivity index (χ2n) is 4.57. The summed E-state index contributed by atoms with van der Waals surface area (Å²) in [6.07, 6.45) is 7.47. The monoisotopic (exact) mass is 304 g/mol. The van der Waals surface area contributed by atoms with E-state index < -0.39 is 0 Å². The molecule has 0 aliphatic heterocycles. The Morgan fingerprint density at radius 2 is 2.05 bits per heavy atom. The Labute approximate surface area is 126 Å². The maximum atomic E-state index is 5.25. The van der Waals surface area contributed by atoms with Crippen molar-refractivity contribution in [3.8, 4) is 5.88 Å². The third kappa shape index (κ3) is 2.31. The molecule has 0 fully saturated rings. The van der Waals surface area contributed by atoms with Gasteiger partial charge in [-0.05, 0) is 13.2 Å². The van der Waals surface area contributed by atoms with E-state index in [1.165, 1.54) is 0 Å². The minimum Gasteiger partial charge on any atom is -0.478 e. The van der Waals surface area contributed by atoms with Crippen LogP contribution in [0.3, 0.4) is 0 Å². The van der Waals surface area contributed by atoms with Gasteiger partial charge < -0.3 is 10.1 Å². The molecule has 0 spiro atoms. The number of aryl methyl sites for hydroxylation is 2. The van der Waals surface area contributed by atoms with Crippen molar-refractivity contribution in [2.75, 3.05) is 18.7 Å². The lowest BCUT2D eigenvalue weighted by Gasteiger charge is -2.09. The molecule has 0 amide bonds. The minimum atomic E-state index is 0.535. The molecule has 3 heterocycles. The molecule has 0 saturated heterocycles. The van der Waals surface area contributed by atoms with Crippen molar-refractivity contribution in [2.45, 2.75) is 12.1 Å². The van der Waals surface area contributed by atoms with Crippen LogP contribution in [-0.4, -0.2) is 37.5 Å². The third-order valence-corrected chi connectivity index (χ3v) is 3.77. The summed E-state index contributed by atoms with van der Waals surface area (Å²) in [5.41, 5.74) is 3.47. The normalized spacial score (nSPS) is 11.0. The number of nitrogens with zero attached hydrogens (tertiary/aromatic N) is 5. The van der Waals surface area contributed by atoms with Crippen LogP contribution in [0.2, 0.25) is 0 Å². The van der Waals surface area contributed by atoms with Gasteiger partial charge in [-0.25, -0.2) is 9.97 Å². The summed E-state index contributed by atoms with van der Waals surface area (Å²) >= 11 is 1.59. The topological polar surface area (TPSA) is 69.3 Å². The summed E-state index contributed by atoms with van der Waals surface area (Å²) in [6.45, 7) is 2.01. The van der Waals surface area contributed by atoms with Crippen molar-refractivity contribution in [3.05, 3.63) is 24.3 Å². The second-order valence-corrected chi connectivity index (χ2v) is 5.34. The van der Waals surface area contributed by atoms with Crippen LogP contribution in [0.25, 0.3) is 5.65 Å². The van der Waals surface area contributed by atoms with Crippen LogP contribution in [0.4, 0.5) is 11.4 Å². The number of fused-ring (bicyclic) bond motifs is 1. The van der Waals surface area contributed by atoms with Crippen LogP contribution in [0, 0.1) is 6.92 Å². The lowest BCUT2D eigenvalue weighted by molar-refractivity contribution is 0.393. The fourth-order valence-electron chi connectivity index (χ4n) is 2.19. The fraction of sp³-hybridized carbons (Fsp3) is 0.308. The molecule has 7 nitrogen and oxygen atoms in total. The zero-order valence-electron chi connectivity index (χ0n) is 12.3. The summed E-state index contributed by atoms with van der Waals surface area (Å²) in [5, 5.41) is 8.42. The number of hydrogen-bond donors (Lipinski definition) is 1. The van der Waals surface area contributed by atoms with Crippen molar-refractivity contribution in [2.24, 2.45) is 7.05 Å². The van der Waals surface area contributed by atoms with Crippen LogP contribution < -0.4 is 10.1 Å². The van der Waals surface area contributed by atoms with Gasteiger partial charge in [0.15, 0.2) is 10.8 Å². The number of methoxy groups -OCH3 is 1. The molecule has 0 radical (unpaired) electrons. The van der Waals surface area contributed by atoms with E-state index in [9.17, 15) is 0 Å². The van der Waals surface area contributed by atoms with Crippen LogP contribution in [-0.2, 0) is 7.05 Å². The zero-order valence-corrected chi connectivity index (χ0v) is 13.1. The minimum absolute atomic E-state index is 0.535. The lowest BCUT2D eigenvalue weighted by Crippen LogP contribution is -2.01. The highest BCUT2D eigenvalue weighted by molar-refractivity contribution is 7.98. The molecule has 0 atom stereocenters. The van der Waals surface area contributed by atoms with Crippen molar-refractivity contribution in [3.63, 3.8) is 0 Å². The quantitative estimate of drug-likeness (QED) is 0.589. The molecule has 0 bridgehead atoms. The average molecular weight is 304 g/mol. The molecular formula is C13H16N6OS. The molecule has 0 saturated carbocycles. The Morgan fingerprint density at radius 1 is 1.24 bits per heavy atom. The van der Waals surface area contributed by atoms with Gasteiger partial charge in [0, 0.05) is 18.9 Å². The molecule has 0 aliphatic carbocycles. The van der Waals surface area contributed by atoms with Gasteiger partial charge in [0.2, 0.25) is 0 Å². The number of nitrogens with one attached hydrogen (secondary N) is 1. The summed E-state index contributed by atoms with van der Waals surface area (Å²) in [7, 11) is 3.44. The van der Waals surface area contributed by atoms with Gasteiger partial charge in [-0.3, -0.25) is 9.08 Å². The van der Waals surface area contributed by atoms with E-state index in [-0.39, 0.29) is 0 Å². The number of thioether (sulfide) groups is 1. The van der Waals surface area contributed by atoms with Gasteiger partial charge >= 0.3 is 0 Å². The van der Waals surface area contributed by atoms with Crippen molar-refractivity contribution in [1.29, 1.82) is 0 Å². The van der Waals surface area contributed by atoms with Gasteiger partial charge in [0.25, 0.3) is 5.88 Å². The molecule has 3 aromatic rings. The molecule has 0 aliphatic rings. The highest BCUT2D eigenvalue weighted by atomic mass is 32.2. The number of imidazole rings is 1. The first-order valence-electron chi connectivity index (χ1n) is 6.35. The fourth-order valence-corrected chi connectivity index (χ4v) is 2.76. The van der Waals surface area contributed by atoms with Gasteiger partial charge in [-0.15, -0.1) is 5.10 Å². The maximum Gasteiger partial charge on any atom is 0.256 e. The van der Waals surface area contributed by atoms with E-state index in [0.29, 0.717) is 5.88 Å². The van der Waals surface area contributed by atoms with Gasteiger partial charge in [0.1, 0.15) is 11.4 Å². The predicted octanol–water partition coefficient (Wildman–Crippen LogP) is 2.25. The van der Waals surface area contributed by atoms with Crippen molar-refractivity contribution in [1.82, 2.24) is 24.1 Å². The van der Waals surface area contributed by atoms with Gasteiger partial charge in [0.05, 0.1) is 19.5 Å². The van der Waals surface area contributed by atoms with Gasteiger partial charge in [-0.2, -0.15) is 0 Å². The number of aromatic nitrogens is 5. The average Bonchev–Trinajstić information content (AvgIpc) is 3.03. The second kappa shape index (κ2) is 5.28. The standard InChI is InChI=1S/C13H16N6OS/c1-8-5-14-11-9(6-15-13(21-4)19(8)11)16-10-7-18(2)17-12(10)20-3/h5-7,16H,1-4H3. The van der Waals surface area contributed by atoms with Crippen molar-refractivity contribution >= 4 is 28.8 Å². The molecule has 21 heavy (non-hydrogen) atoms. The first-order valence-corrected chi connectivity index (χ1v) is 7.58. The first-order chi connectivity index (χ1) is 10.1. The molecule has 3 aromatic heterocycles. The van der Waals surface area contributed by atoms with E-state index in [1.54, 1.807) is 29.8 Å². The predicted molar refractivity (Wildman–Crippen MR) is 82.5 cm³/mol. The van der Waals surface area contributed by atoms with E-state index in [1.807, 2.05) is 37.0 Å². The van der Waals surface area contributed by atoms with Crippen LogP contribution in [0.15, 0.2) is 23.7 Å². The molecule has 110 valence electrons. The molecular weight excluding hydrogens is 288 g/mol. The smallest absolute Gasteiger partial charge is 0.256 e. The van der Waals surface area contributed by atoms with E-state index in [0.717, 1.165) is 27.9 Å².